The first-order chi connectivity index (χ1) is 13.3. The zero-order valence-corrected chi connectivity index (χ0v) is 16.2. The number of hydrogen-bond acceptors (Lipinski definition) is 4. The van der Waals surface area contributed by atoms with Gasteiger partial charge in [0.2, 0.25) is 10.0 Å². The van der Waals surface area contributed by atoms with Crippen molar-refractivity contribution >= 4 is 27.5 Å². The van der Waals surface area contributed by atoms with Crippen LogP contribution < -0.4 is 4.74 Å². The van der Waals surface area contributed by atoms with Gasteiger partial charge in [-0.1, -0.05) is 17.7 Å². The van der Waals surface area contributed by atoms with Crippen molar-refractivity contribution in [2.24, 2.45) is 0 Å². The fourth-order valence-electron chi connectivity index (χ4n) is 2.80. The maximum absolute atomic E-state index is 13.9. The van der Waals surface area contributed by atoms with Crippen molar-refractivity contribution in [2.75, 3.05) is 32.8 Å². The molecule has 1 fully saturated rings. The standard InChI is InChI=1S/C18H17ClF2N2O4S/c19-13-4-6-14(7-5-13)27-12-17(24)22-8-10-23(11-9-22)28(25,26)18-15(20)2-1-3-16(18)21/h1-7H,8-12H2. The van der Waals surface area contributed by atoms with Crippen LogP contribution in [0.15, 0.2) is 47.4 Å². The molecule has 1 saturated heterocycles. The van der Waals surface area contributed by atoms with Gasteiger partial charge in [0.1, 0.15) is 17.4 Å². The Balaban J connectivity index is 1.59. The van der Waals surface area contributed by atoms with Crippen molar-refractivity contribution in [3.8, 4) is 5.75 Å². The summed E-state index contributed by atoms with van der Waals surface area (Å²) < 4.78 is 59.2. The van der Waals surface area contributed by atoms with Gasteiger partial charge in [0.05, 0.1) is 0 Å². The first-order valence-corrected chi connectivity index (χ1v) is 10.2. The molecule has 10 heteroatoms. The molecule has 0 N–H and O–H groups in total. The second-order valence-electron chi connectivity index (χ2n) is 6.08. The number of sulfonamides is 1. The van der Waals surface area contributed by atoms with Crippen LogP contribution in [0, 0.1) is 11.6 Å². The molecular weight excluding hydrogens is 414 g/mol. The van der Waals surface area contributed by atoms with Crippen LogP contribution in [0.4, 0.5) is 8.78 Å². The highest BCUT2D eigenvalue weighted by atomic mass is 35.5. The molecule has 1 amide bonds. The Morgan fingerprint density at radius 2 is 1.57 bits per heavy atom. The number of ether oxygens (including phenoxy) is 1. The van der Waals surface area contributed by atoms with Crippen LogP contribution in [-0.2, 0) is 14.8 Å². The number of carbonyl (C=O) groups is 1. The molecule has 0 spiro atoms. The smallest absolute Gasteiger partial charge is 0.260 e. The van der Waals surface area contributed by atoms with Crippen LogP contribution in [0.25, 0.3) is 0 Å². The average Bonchev–Trinajstić information content (AvgIpc) is 2.67. The lowest BCUT2D eigenvalue weighted by atomic mass is 10.3. The minimum Gasteiger partial charge on any atom is -0.484 e. The number of nitrogens with zero attached hydrogens (tertiary/aromatic N) is 2. The third-order valence-corrected chi connectivity index (χ3v) is 6.49. The average molecular weight is 431 g/mol. The Hall–Kier alpha value is -2.23. The summed E-state index contributed by atoms with van der Waals surface area (Å²) in [7, 11) is -4.33. The Morgan fingerprint density at radius 3 is 2.14 bits per heavy atom. The summed E-state index contributed by atoms with van der Waals surface area (Å²) in [5.41, 5.74) is 0. The van der Waals surface area contributed by atoms with Crippen LogP contribution in [0.1, 0.15) is 0 Å². The van der Waals surface area contributed by atoms with Crippen molar-refractivity contribution in [3.05, 3.63) is 59.1 Å². The van der Waals surface area contributed by atoms with Crippen molar-refractivity contribution in [1.29, 1.82) is 0 Å². The molecule has 28 heavy (non-hydrogen) atoms. The van der Waals surface area contributed by atoms with E-state index >= 15 is 0 Å². The van der Waals surface area contributed by atoms with E-state index in [-0.39, 0.29) is 38.7 Å². The SMILES string of the molecule is O=C(COc1ccc(Cl)cc1)N1CCN(S(=O)(=O)c2c(F)cccc2F)CC1. The summed E-state index contributed by atoms with van der Waals surface area (Å²) in [6, 6.07) is 9.40. The molecule has 1 heterocycles. The Kier molecular flexibility index (Phi) is 6.17. The first-order valence-electron chi connectivity index (χ1n) is 8.39. The molecule has 0 aliphatic carbocycles. The number of piperazine rings is 1. The van der Waals surface area contributed by atoms with Gasteiger partial charge in [-0.15, -0.1) is 0 Å². The molecule has 2 aromatic carbocycles. The molecule has 0 unspecified atom stereocenters. The van der Waals surface area contributed by atoms with Crippen molar-refractivity contribution in [3.63, 3.8) is 0 Å². The molecule has 150 valence electrons. The predicted octanol–water partition coefficient (Wildman–Crippen LogP) is 2.53. The van der Waals surface area contributed by atoms with E-state index in [1.807, 2.05) is 0 Å². The third-order valence-electron chi connectivity index (χ3n) is 4.28. The van der Waals surface area contributed by atoms with Crippen LogP contribution in [0.3, 0.4) is 0 Å². The zero-order chi connectivity index (χ0) is 20.3. The second kappa shape index (κ2) is 8.42. The summed E-state index contributed by atoms with van der Waals surface area (Å²) in [5.74, 6) is -2.12. The summed E-state index contributed by atoms with van der Waals surface area (Å²) in [4.78, 5) is 12.7. The lowest BCUT2D eigenvalue weighted by molar-refractivity contribution is -0.134. The van der Waals surface area contributed by atoms with E-state index in [9.17, 15) is 22.0 Å². The van der Waals surface area contributed by atoms with Gasteiger partial charge in [0, 0.05) is 31.2 Å². The van der Waals surface area contributed by atoms with Crippen molar-refractivity contribution in [1.82, 2.24) is 9.21 Å². The fraction of sp³-hybridized carbons (Fsp3) is 0.278. The second-order valence-corrected chi connectivity index (χ2v) is 8.39. The summed E-state index contributed by atoms with van der Waals surface area (Å²) in [6.07, 6.45) is 0. The van der Waals surface area contributed by atoms with Crippen LogP contribution >= 0.6 is 11.6 Å². The van der Waals surface area contributed by atoms with E-state index in [0.717, 1.165) is 22.5 Å². The molecule has 0 radical (unpaired) electrons. The molecule has 0 aromatic heterocycles. The molecule has 1 aliphatic rings. The number of amides is 1. The maximum atomic E-state index is 13.9. The minimum atomic E-state index is -4.33. The van der Waals surface area contributed by atoms with Gasteiger partial charge in [0.25, 0.3) is 5.91 Å². The highest BCUT2D eigenvalue weighted by Crippen LogP contribution is 2.23. The van der Waals surface area contributed by atoms with Gasteiger partial charge < -0.3 is 9.64 Å². The van der Waals surface area contributed by atoms with E-state index < -0.39 is 26.6 Å². The van der Waals surface area contributed by atoms with E-state index in [4.69, 9.17) is 16.3 Å². The third kappa shape index (κ3) is 4.43. The summed E-state index contributed by atoms with van der Waals surface area (Å²) in [6.45, 7) is -0.155. The number of hydrogen-bond donors (Lipinski definition) is 0. The van der Waals surface area contributed by atoms with Gasteiger partial charge in [-0.2, -0.15) is 4.31 Å². The fourth-order valence-corrected chi connectivity index (χ4v) is 4.46. The lowest BCUT2D eigenvalue weighted by Crippen LogP contribution is -2.51. The zero-order valence-electron chi connectivity index (χ0n) is 14.6. The molecular formula is C18H17ClF2N2O4S. The predicted molar refractivity (Wildman–Crippen MR) is 98.6 cm³/mol. The van der Waals surface area contributed by atoms with E-state index in [1.165, 1.54) is 4.90 Å². The molecule has 2 aromatic rings. The molecule has 0 atom stereocenters. The van der Waals surface area contributed by atoms with Crippen molar-refractivity contribution in [2.45, 2.75) is 4.90 Å². The van der Waals surface area contributed by atoms with E-state index in [1.54, 1.807) is 24.3 Å². The van der Waals surface area contributed by atoms with Crippen LogP contribution in [0.2, 0.25) is 5.02 Å². The minimum absolute atomic E-state index is 0.0667. The molecule has 1 aliphatic heterocycles. The molecule has 3 rings (SSSR count). The number of carbonyl (C=O) groups excluding carboxylic acids is 1. The summed E-state index contributed by atoms with van der Waals surface area (Å²) in [5, 5.41) is 0.544. The highest BCUT2D eigenvalue weighted by molar-refractivity contribution is 7.89. The van der Waals surface area contributed by atoms with Gasteiger partial charge in [-0.3, -0.25) is 4.79 Å². The largest absolute Gasteiger partial charge is 0.484 e. The Labute approximate surface area is 166 Å². The van der Waals surface area contributed by atoms with Gasteiger partial charge in [0.15, 0.2) is 11.5 Å². The quantitative estimate of drug-likeness (QED) is 0.731. The monoisotopic (exact) mass is 430 g/mol. The Bertz CT molecular complexity index is 942. The topological polar surface area (TPSA) is 66.9 Å². The van der Waals surface area contributed by atoms with Gasteiger partial charge in [-0.05, 0) is 36.4 Å². The normalized spacial score (nSPS) is 15.5. The van der Waals surface area contributed by atoms with E-state index in [2.05, 4.69) is 0 Å². The Morgan fingerprint density at radius 1 is 1.00 bits per heavy atom. The number of rotatable bonds is 5. The number of halogens is 3. The van der Waals surface area contributed by atoms with Gasteiger partial charge in [-0.25, -0.2) is 17.2 Å². The lowest BCUT2D eigenvalue weighted by Gasteiger charge is -2.34. The summed E-state index contributed by atoms with van der Waals surface area (Å²) >= 11 is 5.78. The first kappa shape index (κ1) is 20.5. The van der Waals surface area contributed by atoms with Crippen molar-refractivity contribution < 1.29 is 26.7 Å². The highest BCUT2D eigenvalue weighted by Gasteiger charge is 2.34. The number of benzene rings is 2. The molecule has 0 bridgehead atoms. The van der Waals surface area contributed by atoms with Crippen LogP contribution in [0.5, 0.6) is 5.75 Å². The van der Waals surface area contributed by atoms with Gasteiger partial charge >= 0.3 is 0 Å². The molecule has 0 saturated carbocycles. The van der Waals surface area contributed by atoms with Crippen LogP contribution in [-0.4, -0.2) is 56.3 Å². The van der Waals surface area contributed by atoms with E-state index in [0.29, 0.717) is 10.8 Å². The molecule has 6 nitrogen and oxygen atoms in total. The maximum Gasteiger partial charge on any atom is 0.260 e.